The van der Waals surface area contributed by atoms with Crippen LogP contribution in [0.3, 0.4) is 0 Å². The van der Waals surface area contributed by atoms with E-state index in [2.05, 4.69) is 10.2 Å². The second kappa shape index (κ2) is 7.35. The van der Waals surface area contributed by atoms with Gasteiger partial charge in [0.1, 0.15) is 5.75 Å². The number of methoxy groups -OCH3 is 1. The van der Waals surface area contributed by atoms with Gasteiger partial charge in [-0.2, -0.15) is 10.2 Å². The molecule has 21 heavy (non-hydrogen) atoms. The van der Waals surface area contributed by atoms with Crippen LogP contribution in [0.1, 0.15) is 16.8 Å². The molecule has 0 aliphatic rings. The predicted octanol–water partition coefficient (Wildman–Crippen LogP) is 1.48. The Bertz CT molecular complexity index is 589. The number of carbonyl (C=O) groups is 1. The molecule has 0 fully saturated rings. The summed E-state index contributed by atoms with van der Waals surface area (Å²) >= 11 is 0. The molecule has 1 heterocycles. The highest BCUT2D eigenvalue weighted by molar-refractivity contribution is 6.05. The summed E-state index contributed by atoms with van der Waals surface area (Å²) in [6.45, 7) is 1.05. The van der Waals surface area contributed by atoms with Crippen molar-refractivity contribution in [2.24, 2.45) is 5.73 Å². The molecule has 2 aromatic rings. The molecule has 0 aliphatic carbocycles. The Hall–Kier alpha value is -2.47. The van der Waals surface area contributed by atoms with Crippen molar-refractivity contribution in [1.82, 2.24) is 10.2 Å². The molecule has 1 aromatic heterocycles. The van der Waals surface area contributed by atoms with Gasteiger partial charge in [-0.25, -0.2) is 0 Å². The fourth-order valence-electron chi connectivity index (χ4n) is 1.95. The molecule has 110 valence electrons. The van der Waals surface area contributed by atoms with Crippen LogP contribution in [0.15, 0.2) is 42.7 Å². The summed E-state index contributed by atoms with van der Waals surface area (Å²) in [7, 11) is 1.60. The molecule has 0 saturated heterocycles. The molecule has 6 heteroatoms. The Labute approximate surface area is 123 Å². The highest BCUT2D eigenvalue weighted by Crippen LogP contribution is 2.22. The van der Waals surface area contributed by atoms with E-state index >= 15 is 0 Å². The Morgan fingerprint density at radius 2 is 2.19 bits per heavy atom. The maximum Gasteiger partial charge on any atom is 0.259 e. The standard InChI is InChI=1S/C15H18N4O2/c1-21-14-5-2-4-13(10-14)19(9-3-7-16)15(20)12-6-8-17-18-11-12/h2,4-6,8,10-11H,3,7,9,16H2,1H3. The zero-order chi connectivity index (χ0) is 15.1. The maximum absolute atomic E-state index is 12.6. The highest BCUT2D eigenvalue weighted by Gasteiger charge is 2.18. The Balaban J connectivity index is 2.31. The third kappa shape index (κ3) is 3.76. The number of aromatic nitrogens is 2. The first kappa shape index (κ1) is 14.9. The molecule has 1 amide bonds. The number of anilines is 1. The Morgan fingerprint density at radius 3 is 2.86 bits per heavy atom. The zero-order valence-corrected chi connectivity index (χ0v) is 11.9. The van der Waals surface area contributed by atoms with E-state index < -0.39 is 0 Å². The van der Waals surface area contributed by atoms with Crippen molar-refractivity contribution in [2.45, 2.75) is 6.42 Å². The molecule has 0 bridgehead atoms. The molecular weight excluding hydrogens is 268 g/mol. The number of nitrogens with two attached hydrogens (primary N) is 1. The Kier molecular flexibility index (Phi) is 5.22. The lowest BCUT2D eigenvalue weighted by molar-refractivity contribution is 0.0986. The van der Waals surface area contributed by atoms with E-state index in [0.717, 1.165) is 5.69 Å². The molecule has 0 unspecified atom stereocenters. The maximum atomic E-state index is 12.6. The molecule has 6 nitrogen and oxygen atoms in total. The summed E-state index contributed by atoms with van der Waals surface area (Å²) in [5, 5.41) is 7.44. The lowest BCUT2D eigenvalue weighted by Crippen LogP contribution is -2.33. The van der Waals surface area contributed by atoms with Crippen LogP contribution < -0.4 is 15.4 Å². The van der Waals surface area contributed by atoms with E-state index in [9.17, 15) is 4.79 Å². The van der Waals surface area contributed by atoms with Crippen molar-refractivity contribution >= 4 is 11.6 Å². The lowest BCUT2D eigenvalue weighted by Gasteiger charge is -2.23. The summed E-state index contributed by atoms with van der Waals surface area (Å²) in [6, 6.07) is 9.02. The average molecular weight is 286 g/mol. The van der Waals surface area contributed by atoms with Gasteiger partial charge in [0.2, 0.25) is 0 Å². The normalized spacial score (nSPS) is 10.2. The molecule has 2 rings (SSSR count). The zero-order valence-electron chi connectivity index (χ0n) is 11.9. The first-order chi connectivity index (χ1) is 10.3. The van der Waals surface area contributed by atoms with E-state index in [-0.39, 0.29) is 5.91 Å². The van der Waals surface area contributed by atoms with E-state index in [0.29, 0.717) is 30.8 Å². The fraction of sp³-hybridized carbons (Fsp3) is 0.267. The molecule has 2 N–H and O–H groups in total. The second-order valence-electron chi connectivity index (χ2n) is 4.43. The van der Waals surface area contributed by atoms with Crippen molar-refractivity contribution in [1.29, 1.82) is 0 Å². The molecule has 0 radical (unpaired) electrons. The molecule has 0 spiro atoms. The minimum atomic E-state index is -0.133. The van der Waals surface area contributed by atoms with E-state index in [1.54, 1.807) is 18.1 Å². The Morgan fingerprint density at radius 1 is 1.33 bits per heavy atom. The molecule has 0 aliphatic heterocycles. The number of benzene rings is 1. The third-order valence-corrected chi connectivity index (χ3v) is 3.03. The van der Waals surface area contributed by atoms with Crippen LogP contribution >= 0.6 is 0 Å². The molecular formula is C15H18N4O2. The van der Waals surface area contributed by atoms with Crippen molar-refractivity contribution in [3.8, 4) is 5.75 Å². The van der Waals surface area contributed by atoms with Gasteiger partial charge in [0.05, 0.1) is 25.1 Å². The predicted molar refractivity (Wildman–Crippen MR) is 80.4 cm³/mol. The quantitative estimate of drug-likeness (QED) is 0.870. The van der Waals surface area contributed by atoms with Gasteiger partial charge >= 0.3 is 0 Å². The number of nitrogens with zero attached hydrogens (tertiary/aromatic N) is 3. The summed E-state index contributed by atoms with van der Waals surface area (Å²) < 4.78 is 5.21. The van der Waals surface area contributed by atoms with Crippen molar-refractivity contribution < 1.29 is 9.53 Å². The number of hydrogen-bond donors (Lipinski definition) is 1. The van der Waals surface area contributed by atoms with Crippen LogP contribution in [0.2, 0.25) is 0 Å². The van der Waals surface area contributed by atoms with Crippen LogP contribution in [0.25, 0.3) is 0 Å². The van der Waals surface area contributed by atoms with Crippen LogP contribution in [-0.4, -0.2) is 36.3 Å². The van der Waals surface area contributed by atoms with E-state index in [4.69, 9.17) is 10.5 Å². The van der Waals surface area contributed by atoms with Crippen molar-refractivity contribution in [3.05, 3.63) is 48.3 Å². The first-order valence-electron chi connectivity index (χ1n) is 6.69. The fourth-order valence-corrected chi connectivity index (χ4v) is 1.95. The van der Waals surface area contributed by atoms with E-state index in [1.807, 2.05) is 24.3 Å². The first-order valence-corrected chi connectivity index (χ1v) is 6.69. The minimum Gasteiger partial charge on any atom is -0.497 e. The number of hydrogen-bond acceptors (Lipinski definition) is 5. The number of amides is 1. The van der Waals surface area contributed by atoms with Gasteiger partial charge in [-0.05, 0) is 31.2 Å². The molecule has 1 aromatic carbocycles. The summed E-state index contributed by atoms with van der Waals surface area (Å²) in [5.41, 5.74) is 6.82. The monoisotopic (exact) mass is 286 g/mol. The topological polar surface area (TPSA) is 81.3 Å². The van der Waals surface area contributed by atoms with E-state index in [1.165, 1.54) is 12.4 Å². The smallest absolute Gasteiger partial charge is 0.259 e. The third-order valence-electron chi connectivity index (χ3n) is 3.03. The van der Waals surface area contributed by atoms with Crippen LogP contribution in [-0.2, 0) is 0 Å². The largest absolute Gasteiger partial charge is 0.497 e. The van der Waals surface area contributed by atoms with Gasteiger partial charge in [-0.1, -0.05) is 6.07 Å². The van der Waals surface area contributed by atoms with Gasteiger partial charge in [-0.15, -0.1) is 0 Å². The number of carbonyl (C=O) groups excluding carboxylic acids is 1. The van der Waals surface area contributed by atoms with Gasteiger partial charge in [0.15, 0.2) is 0 Å². The summed E-state index contributed by atoms with van der Waals surface area (Å²) in [6.07, 6.45) is 3.67. The van der Waals surface area contributed by atoms with Gasteiger partial charge in [0.25, 0.3) is 5.91 Å². The van der Waals surface area contributed by atoms with Crippen LogP contribution in [0.5, 0.6) is 5.75 Å². The average Bonchev–Trinajstić information content (AvgIpc) is 2.56. The lowest BCUT2D eigenvalue weighted by atomic mass is 10.2. The number of rotatable bonds is 6. The summed E-state index contributed by atoms with van der Waals surface area (Å²) in [5.74, 6) is 0.567. The number of ether oxygens (including phenoxy) is 1. The second-order valence-corrected chi connectivity index (χ2v) is 4.43. The van der Waals surface area contributed by atoms with Crippen LogP contribution in [0, 0.1) is 0 Å². The van der Waals surface area contributed by atoms with Gasteiger partial charge in [0, 0.05) is 18.3 Å². The van der Waals surface area contributed by atoms with Crippen molar-refractivity contribution in [3.63, 3.8) is 0 Å². The van der Waals surface area contributed by atoms with Crippen LogP contribution in [0.4, 0.5) is 5.69 Å². The minimum absolute atomic E-state index is 0.133. The molecule has 0 atom stereocenters. The summed E-state index contributed by atoms with van der Waals surface area (Å²) in [4.78, 5) is 14.3. The van der Waals surface area contributed by atoms with Crippen molar-refractivity contribution in [2.75, 3.05) is 25.1 Å². The SMILES string of the molecule is COc1cccc(N(CCCN)C(=O)c2ccnnc2)c1. The highest BCUT2D eigenvalue weighted by atomic mass is 16.5. The van der Waals surface area contributed by atoms with Gasteiger partial charge < -0.3 is 15.4 Å². The molecule has 0 saturated carbocycles. The van der Waals surface area contributed by atoms with Gasteiger partial charge in [-0.3, -0.25) is 4.79 Å².